The zero-order chi connectivity index (χ0) is 23.7. The zero-order valence-electron chi connectivity index (χ0n) is 18.5. The summed E-state index contributed by atoms with van der Waals surface area (Å²) in [7, 11) is 0. The van der Waals surface area contributed by atoms with E-state index in [9.17, 15) is 14.0 Å². The lowest BCUT2D eigenvalue weighted by Gasteiger charge is -2.32. The van der Waals surface area contributed by atoms with Crippen molar-refractivity contribution in [3.63, 3.8) is 0 Å². The first kappa shape index (κ1) is 26.5. The van der Waals surface area contributed by atoms with E-state index in [-0.39, 0.29) is 36.0 Å². The van der Waals surface area contributed by atoms with Gasteiger partial charge in [0, 0.05) is 33.9 Å². The molecule has 32 heavy (non-hydrogen) atoms. The number of halogens is 3. The van der Waals surface area contributed by atoms with Crippen LogP contribution < -0.4 is 5.32 Å². The van der Waals surface area contributed by atoms with E-state index in [0.29, 0.717) is 27.8 Å². The second-order valence-electron chi connectivity index (χ2n) is 7.58. The van der Waals surface area contributed by atoms with Crippen molar-refractivity contribution in [1.29, 1.82) is 0 Å². The summed E-state index contributed by atoms with van der Waals surface area (Å²) in [6, 6.07) is 10.7. The molecule has 2 rings (SSSR count). The van der Waals surface area contributed by atoms with E-state index in [1.807, 2.05) is 20.8 Å². The Balaban J connectivity index is 2.20. The fraction of sp³-hybridized carbons (Fsp3) is 0.417. The van der Waals surface area contributed by atoms with Gasteiger partial charge in [-0.15, -0.1) is 11.8 Å². The number of carbonyl (C=O) groups is 2. The molecule has 8 heteroatoms. The monoisotopic (exact) mass is 498 g/mol. The van der Waals surface area contributed by atoms with Gasteiger partial charge >= 0.3 is 0 Å². The normalized spacial score (nSPS) is 12.8. The predicted molar refractivity (Wildman–Crippen MR) is 132 cm³/mol. The van der Waals surface area contributed by atoms with Crippen molar-refractivity contribution in [2.45, 2.75) is 58.0 Å². The van der Waals surface area contributed by atoms with Crippen LogP contribution in [0.2, 0.25) is 10.0 Å². The van der Waals surface area contributed by atoms with E-state index >= 15 is 0 Å². The average Bonchev–Trinajstić information content (AvgIpc) is 2.76. The van der Waals surface area contributed by atoms with Crippen LogP contribution in [0.1, 0.15) is 44.7 Å². The van der Waals surface area contributed by atoms with Gasteiger partial charge in [-0.1, -0.05) is 55.2 Å². The Morgan fingerprint density at radius 2 is 1.69 bits per heavy atom. The topological polar surface area (TPSA) is 49.4 Å². The molecule has 4 nitrogen and oxygen atoms in total. The molecule has 0 saturated heterocycles. The summed E-state index contributed by atoms with van der Waals surface area (Å²) in [5, 5.41) is 3.88. The SMILES string of the molecule is CC[C@@H](C)NC(=O)[C@@H](CC)N(Cc1c(Cl)cccc1Cl)C(=O)CSCc1ccc(F)cc1. The molecule has 2 atom stereocenters. The van der Waals surface area contributed by atoms with E-state index in [0.717, 1.165) is 12.0 Å². The molecule has 2 aromatic carbocycles. The number of benzene rings is 2. The molecule has 0 bridgehead atoms. The van der Waals surface area contributed by atoms with Crippen LogP contribution in [0.4, 0.5) is 4.39 Å². The number of rotatable bonds is 11. The third kappa shape index (κ3) is 7.68. The van der Waals surface area contributed by atoms with E-state index in [1.165, 1.54) is 23.9 Å². The van der Waals surface area contributed by atoms with E-state index in [1.54, 1.807) is 35.2 Å². The lowest BCUT2D eigenvalue weighted by Crippen LogP contribution is -2.51. The van der Waals surface area contributed by atoms with Gasteiger partial charge < -0.3 is 10.2 Å². The maximum Gasteiger partial charge on any atom is 0.243 e. The highest BCUT2D eigenvalue weighted by atomic mass is 35.5. The van der Waals surface area contributed by atoms with Gasteiger partial charge in [-0.05, 0) is 49.6 Å². The van der Waals surface area contributed by atoms with Gasteiger partial charge in [0.15, 0.2) is 0 Å². The summed E-state index contributed by atoms with van der Waals surface area (Å²) in [4.78, 5) is 27.8. The molecule has 0 aliphatic carbocycles. The molecule has 0 aliphatic rings. The van der Waals surface area contributed by atoms with Gasteiger partial charge in [0.1, 0.15) is 11.9 Å². The third-order valence-electron chi connectivity index (χ3n) is 5.18. The van der Waals surface area contributed by atoms with Crippen LogP contribution >= 0.6 is 35.0 Å². The summed E-state index contributed by atoms with van der Waals surface area (Å²) in [6.07, 6.45) is 1.25. The smallest absolute Gasteiger partial charge is 0.243 e. The summed E-state index contributed by atoms with van der Waals surface area (Å²) in [6.45, 7) is 5.94. The molecule has 2 aromatic rings. The molecule has 1 N–H and O–H groups in total. The molecule has 0 heterocycles. The Morgan fingerprint density at radius 1 is 1.06 bits per heavy atom. The van der Waals surface area contributed by atoms with Gasteiger partial charge in [-0.2, -0.15) is 0 Å². The van der Waals surface area contributed by atoms with Crippen LogP contribution in [0, 0.1) is 5.82 Å². The summed E-state index contributed by atoms with van der Waals surface area (Å²) in [5.41, 5.74) is 1.54. The zero-order valence-corrected chi connectivity index (χ0v) is 20.9. The molecule has 174 valence electrons. The van der Waals surface area contributed by atoms with Gasteiger partial charge in [0.2, 0.25) is 11.8 Å². The highest BCUT2D eigenvalue weighted by molar-refractivity contribution is 7.99. The Morgan fingerprint density at radius 3 is 2.25 bits per heavy atom. The molecule has 0 unspecified atom stereocenters. The molecular formula is C24H29Cl2FN2O2S. The minimum absolute atomic E-state index is 0.00487. The van der Waals surface area contributed by atoms with E-state index in [4.69, 9.17) is 23.2 Å². The first-order valence-corrected chi connectivity index (χ1v) is 12.5. The van der Waals surface area contributed by atoms with Crippen LogP contribution in [0.3, 0.4) is 0 Å². The van der Waals surface area contributed by atoms with Crippen molar-refractivity contribution in [2.75, 3.05) is 5.75 Å². The standard InChI is InChI=1S/C24H29Cl2FN2O2S/c1-4-16(3)28-24(31)22(5-2)29(13-19-20(25)7-6-8-21(19)26)23(30)15-32-14-17-9-11-18(27)12-10-17/h6-12,16,22H,4-5,13-15H2,1-3H3,(H,28,31)/t16-,22-/m1/s1. The second-order valence-corrected chi connectivity index (χ2v) is 9.38. The molecule has 0 radical (unpaired) electrons. The Hall–Kier alpha value is -1.76. The van der Waals surface area contributed by atoms with Crippen LogP contribution in [0.5, 0.6) is 0 Å². The Kier molecular flexibility index (Phi) is 10.8. The summed E-state index contributed by atoms with van der Waals surface area (Å²) in [5.74, 6) is 0.0617. The average molecular weight is 499 g/mol. The molecule has 0 aliphatic heterocycles. The molecule has 0 saturated carbocycles. The fourth-order valence-corrected chi connectivity index (χ4v) is 4.52. The van der Waals surface area contributed by atoms with Gasteiger partial charge in [-0.3, -0.25) is 9.59 Å². The largest absolute Gasteiger partial charge is 0.352 e. The molecular weight excluding hydrogens is 470 g/mol. The maximum atomic E-state index is 13.3. The van der Waals surface area contributed by atoms with Crippen LogP contribution in [0.25, 0.3) is 0 Å². The molecule has 2 amide bonds. The lowest BCUT2D eigenvalue weighted by molar-refractivity contribution is -0.139. The fourth-order valence-electron chi connectivity index (χ4n) is 3.13. The minimum atomic E-state index is -0.643. The highest BCUT2D eigenvalue weighted by Gasteiger charge is 2.30. The van der Waals surface area contributed by atoms with E-state index < -0.39 is 6.04 Å². The van der Waals surface area contributed by atoms with Crippen LogP contribution in [-0.4, -0.2) is 34.6 Å². The highest BCUT2D eigenvalue weighted by Crippen LogP contribution is 2.27. The van der Waals surface area contributed by atoms with Crippen molar-refractivity contribution < 1.29 is 14.0 Å². The van der Waals surface area contributed by atoms with Gasteiger partial charge in [-0.25, -0.2) is 4.39 Å². The van der Waals surface area contributed by atoms with E-state index in [2.05, 4.69) is 5.32 Å². The number of thioether (sulfide) groups is 1. The number of nitrogens with one attached hydrogen (secondary N) is 1. The molecule has 0 aromatic heterocycles. The van der Waals surface area contributed by atoms with Crippen molar-refractivity contribution in [3.05, 3.63) is 69.5 Å². The quantitative estimate of drug-likeness (QED) is 0.407. The van der Waals surface area contributed by atoms with Crippen molar-refractivity contribution >= 4 is 46.8 Å². The Labute approximate surface area is 203 Å². The number of amides is 2. The van der Waals surface area contributed by atoms with Gasteiger partial charge in [0.25, 0.3) is 0 Å². The van der Waals surface area contributed by atoms with Crippen molar-refractivity contribution in [3.8, 4) is 0 Å². The predicted octanol–water partition coefficient (Wildman–Crippen LogP) is 6.09. The third-order valence-corrected chi connectivity index (χ3v) is 6.88. The number of hydrogen-bond acceptors (Lipinski definition) is 3. The Bertz CT molecular complexity index is 891. The number of nitrogens with zero attached hydrogens (tertiary/aromatic N) is 1. The number of hydrogen-bond donors (Lipinski definition) is 1. The number of carbonyl (C=O) groups excluding carboxylic acids is 2. The van der Waals surface area contributed by atoms with Crippen molar-refractivity contribution in [1.82, 2.24) is 10.2 Å². The molecule has 0 fully saturated rings. The maximum absolute atomic E-state index is 13.3. The lowest BCUT2D eigenvalue weighted by atomic mass is 10.1. The second kappa shape index (κ2) is 13.1. The summed E-state index contributed by atoms with van der Waals surface area (Å²) >= 11 is 14.1. The summed E-state index contributed by atoms with van der Waals surface area (Å²) < 4.78 is 13.1. The van der Waals surface area contributed by atoms with Crippen molar-refractivity contribution in [2.24, 2.45) is 0 Å². The minimum Gasteiger partial charge on any atom is -0.352 e. The molecule has 0 spiro atoms. The first-order chi connectivity index (χ1) is 15.3. The van der Waals surface area contributed by atoms with Crippen LogP contribution in [-0.2, 0) is 21.9 Å². The van der Waals surface area contributed by atoms with Gasteiger partial charge in [0.05, 0.1) is 5.75 Å². The van der Waals surface area contributed by atoms with Crippen LogP contribution in [0.15, 0.2) is 42.5 Å². The first-order valence-electron chi connectivity index (χ1n) is 10.6.